The van der Waals surface area contributed by atoms with Crippen molar-refractivity contribution in [2.24, 2.45) is 0 Å². The number of anilines is 1. The Morgan fingerprint density at radius 2 is 1.33 bits per heavy atom. The van der Waals surface area contributed by atoms with E-state index >= 15 is 0 Å². The Morgan fingerprint density at radius 3 is 1.92 bits per heavy atom. The molecule has 0 aliphatic carbocycles. The number of carbonyl (C=O) groups is 3. The van der Waals surface area contributed by atoms with Crippen molar-refractivity contribution >= 4 is 34.0 Å². The zero-order valence-corrected chi connectivity index (χ0v) is 22.9. The minimum atomic E-state index is -0.256. The monoisotopic (exact) mass is 541 g/mol. The van der Waals surface area contributed by atoms with Gasteiger partial charge in [-0.05, 0) is 65.4 Å². The number of ketones is 1. The number of ether oxygens (including phenoxy) is 2. The molecule has 0 aliphatic rings. The minimum absolute atomic E-state index is 0.0920. The van der Waals surface area contributed by atoms with Gasteiger partial charge < -0.3 is 14.8 Å². The molecule has 0 spiro atoms. The van der Waals surface area contributed by atoms with E-state index in [0.717, 1.165) is 44.1 Å². The van der Waals surface area contributed by atoms with E-state index in [4.69, 9.17) is 9.47 Å². The number of carbonyl (C=O) groups excluding carboxylic acids is 3. The summed E-state index contributed by atoms with van der Waals surface area (Å²) in [6, 6.07) is 25.5. The van der Waals surface area contributed by atoms with Crippen molar-refractivity contribution in [2.75, 3.05) is 18.5 Å². The van der Waals surface area contributed by atoms with Crippen molar-refractivity contribution in [3.63, 3.8) is 0 Å². The molecule has 0 saturated heterocycles. The Hall–Kier alpha value is -4.23. The number of amides is 1. The second kappa shape index (κ2) is 13.5. The number of nitrogens with one attached hydrogen (secondary N) is 1. The molecular weight excluding hydrogens is 510 g/mol. The van der Waals surface area contributed by atoms with E-state index in [1.807, 2.05) is 60.0 Å². The van der Waals surface area contributed by atoms with Gasteiger partial charge in [0.05, 0.1) is 31.1 Å². The van der Waals surface area contributed by atoms with Gasteiger partial charge in [-0.2, -0.15) is 0 Å². The first-order chi connectivity index (χ1) is 18.9. The molecule has 0 radical (unpaired) electrons. The van der Waals surface area contributed by atoms with Crippen molar-refractivity contribution in [1.82, 2.24) is 0 Å². The Bertz CT molecular complexity index is 1410. The summed E-state index contributed by atoms with van der Waals surface area (Å²) >= 11 is 1.49. The fraction of sp³-hybridized carbons (Fsp3) is 0.219. The quantitative estimate of drug-likeness (QED) is 0.201. The molecule has 200 valence electrons. The maximum Gasteiger partial charge on any atom is 0.310 e. The third-order valence-electron chi connectivity index (χ3n) is 6.03. The summed E-state index contributed by atoms with van der Waals surface area (Å²) in [5.41, 5.74) is 6.01. The summed E-state index contributed by atoms with van der Waals surface area (Å²) in [6.45, 7) is 4.09. The lowest BCUT2D eigenvalue weighted by atomic mass is 10.0. The standard InChI is InChI=1S/C32H31NO5S/c1-3-37-32(36)19-24-6-4-23(5-7-24)18-30(35)33-31-20-28(21-39-31)27-10-8-25(9-11-27)26-12-14-29(15-13-26)38-17-16-22(2)34/h4-15,20-21H,3,16-19H2,1-2H3,(H,33,35). The van der Waals surface area contributed by atoms with Crippen LogP contribution in [-0.4, -0.2) is 30.9 Å². The van der Waals surface area contributed by atoms with Crippen molar-refractivity contribution in [2.45, 2.75) is 33.1 Å². The van der Waals surface area contributed by atoms with E-state index in [9.17, 15) is 14.4 Å². The number of Topliss-reactive ketones (excluding diaryl/α,β-unsaturated/α-hetero) is 1. The van der Waals surface area contributed by atoms with Crippen LogP contribution < -0.4 is 10.1 Å². The first-order valence-corrected chi connectivity index (χ1v) is 13.7. The summed E-state index contributed by atoms with van der Waals surface area (Å²) < 4.78 is 10.6. The first-order valence-electron chi connectivity index (χ1n) is 12.8. The second-order valence-electron chi connectivity index (χ2n) is 9.13. The third-order valence-corrected chi connectivity index (χ3v) is 6.88. The van der Waals surface area contributed by atoms with Gasteiger partial charge in [0.2, 0.25) is 5.91 Å². The van der Waals surface area contributed by atoms with Crippen LogP contribution in [0.2, 0.25) is 0 Å². The highest BCUT2D eigenvalue weighted by molar-refractivity contribution is 7.14. The highest BCUT2D eigenvalue weighted by Crippen LogP contribution is 2.31. The molecule has 1 heterocycles. The zero-order chi connectivity index (χ0) is 27.6. The van der Waals surface area contributed by atoms with Crippen LogP contribution in [0.1, 0.15) is 31.4 Å². The Balaban J connectivity index is 1.30. The van der Waals surface area contributed by atoms with Gasteiger partial charge in [0, 0.05) is 11.8 Å². The van der Waals surface area contributed by atoms with Gasteiger partial charge in [0.25, 0.3) is 0 Å². The van der Waals surface area contributed by atoms with Crippen LogP contribution >= 0.6 is 11.3 Å². The average molecular weight is 542 g/mol. The molecule has 0 atom stereocenters. The van der Waals surface area contributed by atoms with Crippen LogP contribution in [0, 0.1) is 0 Å². The van der Waals surface area contributed by atoms with E-state index in [-0.39, 0.29) is 30.5 Å². The van der Waals surface area contributed by atoms with Gasteiger partial charge >= 0.3 is 5.97 Å². The molecular formula is C32H31NO5S. The third kappa shape index (κ3) is 8.38. The van der Waals surface area contributed by atoms with E-state index in [2.05, 4.69) is 29.6 Å². The predicted octanol–water partition coefficient (Wildman–Crippen LogP) is 6.73. The molecule has 1 N–H and O–H groups in total. The maximum atomic E-state index is 12.6. The summed E-state index contributed by atoms with van der Waals surface area (Å²) in [4.78, 5) is 35.3. The SMILES string of the molecule is CCOC(=O)Cc1ccc(CC(=O)Nc2cc(-c3ccc(-c4ccc(OCCC(C)=O)cc4)cc3)cs2)cc1. The number of rotatable bonds is 12. The predicted molar refractivity (Wildman–Crippen MR) is 155 cm³/mol. The molecule has 0 fully saturated rings. The van der Waals surface area contributed by atoms with E-state index in [1.54, 1.807) is 13.8 Å². The van der Waals surface area contributed by atoms with Crippen LogP contribution in [0.25, 0.3) is 22.3 Å². The van der Waals surface area contributed by atoms with Gasteiger partial charge in [-0.15, -0.1) is 11.3 Å². The normalized spacial score (nSPS) is 10.6. The molecule has 0 saturated carbocycles. The number of hydrogen-bond donors (Lipinski definition) is 1. The van der Waals surface area contributed by atoms with Crippen LogP contribution in [0.4, 0.5) is 5.00 Å². The van der Waals surface area contributed by atoms with E-state index < -0.39 is 0 Å². The molecule has 0 aliphatic heterocycles. The highest BCUT2D eigenvalue weighted by atomic mass is 32.1. The van der Waals surface area contributed by atoms with Crippen molar-refractivity contribution in [3.05, 3.63) is 95.4 Å². The van der Waals surface area contributed by atoms with Crippen molar-refractivity contribution < 1.29 is 23.9 Å². The van der Waals surface area contributed by atoms with Crippen LogP contribution in [0.3, 0.4) is 0 Å². The Labute approximate surface area is 232 Å². The van der Waals surface area contributed by atoms with Crippen LogP contribution in [-0.2, 0) is 32.0 Å². The lowest BCUT2D eigenvalue weighted by Crippen LogP contribution is -2.13. The highest BCUT2D eigenvalue weighted by Gasteiger charge is 2.10. The Kier molecular flexibility index (Phi) is 9.64. The topological polar surface area (TPSA) is 81.7 Å². The van der Waals surface area contributed by atoms with Crippen LogP contribution in [0.15, 0.2) is 84.2 Å². The molecule has 4 aromatic rings. The molecule has 1 amide bonds. The van der Waals surface area contributed by atoms with E-state index in [1.165, 1.54) is 11.3 Å². The van der Waals surface area contributed by atoms with Gasteiger partial charge in [0.15, 0.2) is 0 Å². The molecule has 1 aromatic heterocycles. The van der Waals surface area contributed by atoms with Crippen molar-refractivity contribution in [3.8, 4) is 28.0 Å². The molecule has 7 heteroatoms. The number of hydrogen-bond acceptors (Lipinski definition) is 6. The molecule has 0 bridgehead atoms. The summed E-state index contributed by atoms with van der Waals surface area (Å²) in [6.07, 6.45) is 0.886. The lowest BCUT2D eigenvalue weighted by Gasteiger charge is -2.07. The number of benzene rings is 3. The molecule has 39 heavy (non-hydrogen) atoms. The van der Waals surface area contributed by atoms with Gasteiger partial charge in [-0.1, -0.05) is 60.7 Å². The Morgan fingerprint density at radius 1 is 0.769 bits per heavy atom. The summed E-state index contributed by atoms with van der Waals surface area (Å²) in [5, 5.41) is 5.80. The molecule has 4 rings (SSSR count). The maximum absolute atomic E-state index is 12.6. The van der Waals surface area contributed by atoms with Gasteiger partial charge in [0.1, 0.15) is 11.5 Å². The van der Waals surface area contributed by atoms with Crippen LogP contribution in [0.5, 0.6) is 5.75 Å². The zero-order valence-electron chi connectivity index (χ0n) is 22.1. The smallest absolute Gasteiger partial charge is 0.310 e. The summed E-state index contributed by atoms with van der Waals surface area (Å²) in [7, 11) is 0. The largest absolute Gasteiger partial charge is 0.493 e. The fourth-order valence-electron chi connectivity index (χ4n) is 3.99. The fourth-order valence-corrected chi connectivity index (χ4v) is 4.81. The average Bonchev–Trinajstić information content (AvgIpc) is 3.38. The van der Waals surface area contributed by atoms with Gasteiger partial charge in [-0.3, -0.25) is 14.4 Å². The number of thiophene rings is 1. The molecule has 0 unspecified atom stereocenters. The first kappa shape index (κ1) is 27.8. The molecule has 6 nitrogen and oxygen atoms in total. The van der Waals surface area contributed by atoms with Crippen molar-refractivity contribution in [1.29, 1.82) is 0 Å². The number of esters is 1. The van der Waals surface area contributed by atoms with E-state index in [0.29, 0.717) is 19.6 Å². The second-order valence-corrected chi connectivity index (χ2v) is 10.0. The summed E-state index contributed by atoms with van der Waals surface area (Å²) in [5.74, 6) is 0.511. The minimum Gasteiger partial charge on any atom is -0.493 e. The lowest BCUT2D eigenvalue weighted by molar-refractivity contribution is -0.142. The molecule has 3 aromatic carbocycles. The van der Waals surface area contributed by atoms with Gasteiger partial charge in [-0.25, -0.2) is 0 Å².